The summed E-state index contributed by atoms with van der Waals surface area (Å²) in [5, 5.41) is 8.78. The van der Waals surface area contributed by atoms with E-state index in [1.807, 2.05) is 0 Å². The fourth-order valence-corrected chi connectivity index (χ4v) is 2.09. The molecule has 0 heterocycles. The molecule has 8 heteroatoms. The molecule has 1 aliphatic rings. The van der Waals surface area contributed by atoms with Crippen LogP contribution in [0.4, 0.5) is 30.7 Å². The van der Waals surface area contributed by atoms with Crippen molar-refractivity contribution >= 4 is 0 Å². The van der Waals surface area contributed by atoms with Crippen molar-refractivity contribution in [3.63, 3.8) is 0 Å². The average Bonchev–Trinajstić information content (AvgIpc) is 2.68. The van der Waals surface area contributed by atoms with Gasteiger partial charge in [0.25, 0.3) is 0 Å². The van der Waals surface area contributed by atoms with Crippen molar-refractivity contribution in [2.45, 2.75) is 38.3 Å². The molecule has 1 aliphatic carbocycles. The van der Waals surface area contributed by atoms with Crippen molar-refractivity contribution in [1.82, 2.24) is 0 Å². The van der Waals surface area contributed by atoms with Crippen LogP contribution in [0.1, 0.15) is 20.3 Å². The molecule has 1 nitrogen and oxygen atoms in total. The first kappa shape index (κ1) is 14.5. The molecule has 1 unspecified atom stereocenters. The molecule has 0 saturated heterocycles. The first-order valence-corrected chi connectivity index (χ1v) is 4.70. The molecule has 1 N–H and O–H groups in total. The monoisotopic (exact) mass is 268 g/mol. The van der Waals surface area contributed by atoms with E-state index in [1.54, 1.807) is 0 Å². The third-order valence-electron chi connectivity index (χ3n) is 3.54. The van der Waals surface area contributed by atoms with Gasteiger partial charge in [-0.3, -0.25) is 0 Å². The third-order valence-corrected chi connectivity index (χ3v) is 3.54. The molecular weight excluding hydrogens is 257 g/mol. The van der Waals surface area contributed by atoms with Gasteiger partial charge < -0.3 is 5.11 Å². The van der Waals surface area contributed by atoms with Gasteiger partial charge in [0, 0.05) is 0 Å². The molecule has 0 radical (unpaired) electrons. The minimum absolute atomic E-state index is 0.588. The largest absolute Gasteiger partial charge is 0.459 e. The number of aliphatic hydroxyl groups is 1. The maximum absolute atomic E-state index is 13.4. The van der Waals surface area contributed by atoms with Crippen LogP contribution in [0.3, 0.4) is 0 Å². The maximum atomic E-state index is 13.4. The van der Waals surface area contributed by atoms with Crippen molar-refractivity contribution in [2.24, 2.45) is 10.8 Å². The molecule has 1 fully saturated rings. The summed E-state index contributed by atoms with van der Waals surface area (Å²) >= 11 is 0. The van der Waals surface area contributed by atoms with E-state index >= 15 is 0 Å². The van der Waals surface area contributed by atoms with Gasteiger partial charge >= 0.3 is 18.0 Å². The van der Waals surface area contributed by atoms with Gasteiger partial charge in [0.1, 0.15) is 0 Å². The van der Waals surface area contributed by atoms with Gasteiger partial charge in [0.15, 0.2) is 0 Å². The van der Waals surface area contributed by atoms with Crippen molar-refractivity contribution in [3.8, 4) is 0 Å². The predicted octanol–water partition coefficient (Wildman–Crippen LogP) is 3.23. The number of rotatable bonds is 3. The zero-order chi connectivity index (χ0) is 13.9. The van der Waals surface area contributed by atoms with Gasteiger partial charge in [0.2, 0.25) is 0 Å². The van der Waals surface area contributed by atoms with Gasteiger partial charge in [-0.2, -0.15) is 30.7 Å². The second-order valence-corrected chi connectivity index (χ2v) is 4.95. The molecule has 0 aromatic rings. The van der Waals surface area contributed by atoms with Gasteiger partial charge in [-0.25, -0.2) is 0 Å². The molecule has 0 aromatic carbocycles. The molecule has 102 valence electrons. The van der Waals surface area contributed by atoms with E-state index in [0.717, 1.165) is 13.8 Å². The van der Waals surface area contributed by atoms with Gasteiger partial charge in [-0.15, -0.1) is 0 Å². The van der Waals surface area contributed by atoms with Crippen LogP contribution in [0.15, 0.2) is 0 Å². The summed E-state index contributed by atoms with van der Waals surface area (Å²) in [5.74, 6) is -11.5. The maximum Gasteiger partial charge on any atom is 0.459 e. The highest BCUT2D eigenvalue weighted by Gasteiger charge is 2.86. The molecule has 0 spiro atoms. The summed E-state index contributed by atoms with van der Waals surface area (Å²) in [6.45, 7) is 0.811. The summed E-state index contributed by atoms with van der Waals surface area (Å²) < 4.78 is 88.3. The molecule has 0 aliphatic heterocycles. The molecule has 1 atom stereocenters. The van der Waals surface area contributed by atoms with Crippen LogP contribution < -0.4 is 0 Å². The van der Waals surface area contributed by atoms with E-state index < -0.39 is 41.9 Å². The van der Waals surface area contributed by atoms with Crippen LogP contribution in [-0.4, -0.2) is 29.7 Å². The van der Waals surface area contributed by atoms with E-state index in [-0.39, 0.29) is 0 Å². The van der Waals surface area contributed by atoms with E-state index in [4.69, 9.17) is 5.11 Å². The van der Waals surface area contributed by atoms with Crippen molar-refractivity contribution in [2.75, 3.05) is 6.61 Å². The lowest BCUT2D eigenvalue weighted by atomic mass is 9.85. The number of aliphatic hydroxyl groups excluding tert-OH is 1. The second kappa shape index (κ2) is 3.27. The van der Waals surface area contributed by atoms with Gasteiger partial charge in [-0.1, -0.05) is 13.8 Å². The molecule has 0 amide bonds. The van der Waals surface area contributed by atoms with E-state index in [0.29, 0.717) is 0 Å². The minimum Gasteiger partial charge on any atom is -0.396 e. The standard InChI is InChI=1S/C9H11F7O/c1-5(2)3-6(5,4-17)7(10,11)8(12,13)9(14,15)16/h17H,3-4H2,1-2H3. The zero-order valence-corrected chi connectivity index (χ0v) is 9.01. The zero-order valence-electron chi connectivity index (χ0n) is 9.01. The molecular formula is C9H11F7O. The van der Waals surface area contributed by atoms with Gasteiger partial charge in [-0.05, 0) is 11.8 Å². The molecule has 0 aromatic heterocycles. The van der Waals surface area contributed by atoms with E-state index in [9.17, 15) is 30.7 Å². The fraction of sp³-hybridized carbons (Fsp3) is 1.00. The Morgan fingerprint density at radius 3 is 1.53 bits per heavy atom. The van der Waals surface area contributed by atoms with Crippen molar-refractivity contribution in [1.29, 1.82) is 0 Å². The van der Waals surface area contributed by atoms with E-state index in [1.165, 1.54) is 0 Å². The quantitative estimate of drug-likeness (QED) is 0.779. The van der Waals surface area contributed by atoms with E-state index in [2.05, 4.69) is 0 Å². The van der Waals surface area contributed by atoms with Crippen LogP contribution >= 0.6 is 0 Å². The summed E-state index contributed by atoms with van der Waals surface area (Å²) in [5.41, 5.74) is -4.18. The van der Waals surface area contributed by atoms with Crippen LogP contribution in [0.5, 0.6) is 0 Å². The molecule has 1 saturated carbocycles. The lowest BCUT2D eigenvalue weighted by Gasteiger charge is -2.35. The molecule has 1 rings (SSSR count). The van der Waals surface area contributed by atoms with Crippen LogP contribution in [-0.2, 0) is 0 Å². The smallest absolute Gasteiger partial charge is 0.396 e. The Morgan fingerprint density at radius 1 is 1.00 bits per heavy atom. The first-order valence-electron chi connectivity index (χ1n) is 4.70. The number of hydrogen-bond donors (Lipinski definition) is 1. The Bertz CT molecular complexity index is 316. The summed E-state index contributed by atoms with van der Waals surface area (Å²) in [7, 11) is 0. The Kier molecular flexibility index (Phi) is 2.80. The number of hydrogen-bond acceptors (Lipinski definition) is 1. The van der Waals surface area contributed by atoms with Crippen LogP contribution in [0, 0.1) is 10.8 Å². The normalized spacial score (nSPS) is 29.3. The Balaban J connectivity index is 3.21. The lowest BCUT2D eigenvalue weighted by Crippen LogP contribution is -2.58. The highest BCUT2D eigenvalue weighted by atomic mass is 19.4. The summed E-state index contributed by atoms with van der Waals surface area (Å²) in [4.78, 5) is 0. The molecule has 17 heavy (non-hydrogen) atoms. The Labute approximate surface area is 92.6 Å². The highest BCUT2D eigenvalue weighted by Crippen LogP contribution is 2.74. The summed E-state index contributed by atoms with van der Waals surface area (Å²) in [6.07, 6.45) is -6.94. The van der Waals surface area contributed by atoms with Crippen molar-refractivity contribution in [3.05, 3.63) is 0 Å². The average molecular weight is 268 g/mol. The summed E-state index contributed by atoms with van der Waals surface area (Å²) in [6, 6.07) is 0. The highest BCUT2D eigenvalue weighted by molar-refractivity contribution is 5.20. The van der Waals surface area contributed by atoms with Gasteiger partial charge in [0.05, 0.1) is 12.0 Å². The lowest BCUT2D eigenvalue weighted by molar-refractivity contribution is -0.374. The topological polar surface area (TPSA) is 20.2 Å². The first-order chi connectivity index (χ1) is 7.27. The Morgan fingerprint density at radius 2 is 1.35 bits per heavy atom. The number of halogens is 7. The second-order valence-electron chi connectivity index (χ2n) is 4.95. The van der Waals surface area contributed by atoms with Crippen LogP contribution in [0.2, 0.25) is 0 Å². The SMILES string of the molecule is CC1(C)CC1(CO)C(F)(F)C(F)(F)C(F)(F)F. The minimum atomic E-state index is -6.35. The third kappa shape index (κ3) is 1.56. The fourth-order valence-electron chi connectivity index (χ4n) is 2.09. The molecule has 0 bridgehead atoms. The van der Waals surface area contributed by atoms with Crippen molar-refractivity contribution < 1.29 is 35.8 Å². The predicted molar refractivity (Wildman–Crippen MR) is 43.9 cm³/mol. The number of alkyl halides is 7. The van der Waals surface area contributed by atoms with Crippen LogP contribution in [0.25, 0.3) is 0 Å². The Hall–Kier alpha value is -0.530.